The van der Waals surface area contributed by atoms with Gasteiger partial charge in [0, 0.05) is 0 Å². The Kier molecular flexibility index (Phi) is 7.09. The highest BCUT2D eigenvalue weighted by Gasteiger charge is 2.41. The highest BCUT2D eigenvalue weighted by molar-refractivity contribution is 6.87. The number of phenols is 1. The minimum Gasteiger partial charge on any atom is -0.508 e. The van der Waals surface area contributed by atoms with E-state index in [0.29, 0.717) is 11.7 Å². The smallest absolute Gasteiger partial charge is 0.314 e. The monoisotopic (exact) mass is 384 g/mol. The molecule has 0 bridgehead atoms. The Morgan fingerprint density at radius 2 is 1.46 bits per heavy atom. The fourth-order valence-electron chi connectivity index (χ4n) is 3.36. The van der Waals surface area contributed by atoms with Gasteiger partial charge in [-0.15, -0.1) is 0 Å². The van der Waals surface area contributed by atoms with E-state index in [9.17, 15) is 5.11 Å². The molecule has 0 fully saturated rings. The average molecular weight is 385 g/mol. The van der Waals surface area contributed by atoms with Crippen LogP contribution in [-0.2, 0) is 14.7 Å². The van der Waals surface area contributed by atoms with Gasteiger partial charge < -0.3 is 13.3 Å². The number of rotatable bonds is 8. The highest BCUT2D eigenvalue weighted by atomic mass is 28.5. The van der Waals surface area contributed by atoms with E-state index in [1.807, 2.05) is 6.07 Å². The lowest BCUT2D eigenvalue weighted by Gasteiger charge is -2.39. The van der Waals surface area contributed by atoms with Gasteiger partial charge in [0.25, 0.3) is 0 Å². The fraction of sp³-hybridized carbons (Fsp3) is 0.667. The molecule has 1 N–H and O–H groups in total. The molecule has 0 spiro atoms. The Morgan fingerprint density at radius 1 is 0.958 bits per heavy atom. The van der Waals surface area contributed by atoms with Gasteiger partial charge in [0.15, 0.2) is 16.6 Å². The molecule has 0 saturated heterocycles. The van der Waals surface area contributed by atoms with Crippen LogP contribution in [0.5, 0.6) is 5.75 Å². The zero-order chi connectivity index (χ0) is 18.8. The first-order valence-corrected chi connectivity index (χ1v) is 18.2. The third kappa shape index (κ3) is 8.11. The van der Waals surface area contributed by atoms with Crippen molar-refractivity contribution >= 4 is 25.2 Å². The first-order chi connectivity index (χ1) is 10.7. The van der Waals surface area contributed by atoms with Crippen molar-refractivity contribution in [1.29, 1.82) is 0 Å². The summed E-state index contributed by atoms with van der Waals surface area (Å²) >= 11 is 0. The first kappa shape index (κ1) is 21.6. The van der Waals surface area contributed by atoms with Crippen molar-refractivity contribution in [3.63, 3.8) is 0 Å². The zero-order valence-corrected chi connectivity index (χ0v) is 20.0. The first-order valence-electron chi connectivity index (χ1n) is 8.88. The molecule has 1 rings (SSSR count). The van der Waals surface area contributed by atoms with E-state index in [2.05, 4.69) is 65.7 Å². The van der Waals surface area contributed by atoms with Crippen LogP contribution in [0.2, 0.25) is 51.9 Å². The Hall–Kier alpha value is -0.409. The lowest BCUT2D eigenvalue weighted by atomic mass is 10.0. The highest BCUT2D eigenvalue weighted by Crippen LogP contribution is 2.30. The fourth-order valence-corrected chi connectivity index (χ4v) is 16.3. The molecule has 0 saturated carbocycles. The number of hydrogen-bond donors (Lipinski definition) is 1. The third-order valence-electron chi connectivity index (χ3n) is 3.57. The Labute approximate surface area is 151 Å². The average Bonchev–Trinajstić information content (AvgIpc) is 2.27. The molecule has 1 aromatic rings. The van der Waals surface area contributed by atoms with Gasteiger partial charge in [0.1, 0.15) is 5.75 Å². The summed E-state index contributed by atoms with van der Waals surface area (Å²) in [7, 11) is -5.55. The van der Waals surface area contributed by atoms with Crippen LogP contribution in [0.3, 0.4) is 0 Å². The number of aromatic hydroxyl groups is 1. The molecule has 0 heterocycles. The normalized spacial score (nSPS) is 14.7. The lowest BCUT2D eigenvalue weighted by molar-refractivity contribution is 0.368. The van der Waals surface area contributed by atoms with Gasteiger partial charge in [-0.25, -0.2) is 0 Å². The summed E-state index contributed by atoms with van der Waals surface area (Å²) in [5.74, 6) is 0.815. The number of hydrogen-bond acceptors (Lipinski definition) is 3. The van der Waals surface area contributed by atoms with Crippen molar-refractivity contribution in [2.45, 2.75) is 72.1 Å². The summed E-state index contributed by atoms with van der Waals surface area (Å²) in [6.07, 6.45) is 0.861. The maximum absolute atomic E-state index is 10.1. The van der Waals surface area contributed by atoms with Gasteiger partial charge in [-0.3, -0.25) is 0 Å². The molecule has 24 heavy (non-hydrogen) atoms. The van der Waals surface area contributed by atoms with Crippen LogP contribution in [0.1, 0.15) is 18.1 Å². The minimum atomic E-state index is -2.23. The molecule has 0 aliphatic heterocycles. The van der Waals surface area contributed by atoms with Crippen LogP contribution in [-0.4, -0.2) is 30.3 Å². The van der Waals surface area contributed by atoms with E-state index >= 15 is 0 Å². The van der Waals surface area contributed by atoms with Gasteiger partial charge in [-0.1, -0.05) is 24.6 Å². The molecule has 1 aromatic carbocycles. The summed E-state index contributed by atoms with van der Waals surface area (Å²) in [4.78, 5) is 0. The van der Waals surface area contributed by atoms with E-state index in [-0.39, 0.29) is 0 Å². The van der Waals surface area contributed by atoms with Crippen LogP contribution >= 0.6 is 0 Å². The van der Waals surface area contributed by atoms with Gasteiger partial charge in [-0.05, 0) is 82.8 Å². The number of aryl methyl sites for hydroxylation is 1. The minimum absolute atomic E-state index is 0.396. The van der Waals surface area contributed by atoms with Gasteiger partial charge in [0.2, 0.25) is 0 Å². The second-order valence-corrected chi connectivity index (χ2v) is 22.0. The maximum atomic E-state index is 10.1. The second kappa shape index (κ2) is 7.87. The standard InChI is InChI=1S/C18H36O3Si3/c1-15-10-11-18(19)17(12-15)13-16(2)14-24(9,20-22(3,4)5)21-23(6,7)8/h10-12,16,19H,13-14H2,1-9H3. The maximum Gasteiger partial charge on any atom is 0.314 e. The van der Waals surface area contributed by atoms with E-state index in [1.54, 1.807) is 6.07 Å². The molecule has 1 unspecified atom stereocenters. The molecule has 1 atom stereocenters. The lowest BCUT2D eigenvalue weighted by Crippen LogP contribution is -2.53. The van der Waals surface area contributed by atoms with E-state index in [1.165, 1.54) is 5.56 Å². The molecule has 0 aliphatic carbocycles. The molecule has 0 aromatic heterocycles. The molecular formula is C18H36O3Si3. The van der Waals surface area contributed by atoms with Crippen LogP contribution in [0.15, 0.2) is 18.2 Å². The van der Waals surface area contributed by atoms with Crippen LogP contribution in [0.4, 0.5) is 0 Å². The Bertz CT molecular complexity index is 531. The third-order valence-corrected chi connectivity index (χ3v) is 13.4. The van der Waals surface area contributed by atoms with Crippen LogP contribution in [0.25, 0.3) is 0 Å². The van der Waals surface area contributed by atoms with Gasteiger partial charge in [0.05, 0.1) is 0 Å². The molecule has 3 nitrogen and oxygen atoms in total. The van der Waals surface area contributed by atoms with Crippen molar-refractivity contribution in [2.24, 2.45) is 5.92 Å². The quantitative estimate of drug-likeness (QED) is 0.588. The molecule has 6 heteroatoms. The van der Waals surface area contributed by atoms with E-state index < -0.39 is 25.2 Å². The zero-order valence-electron chi connectivity index (χ0n) is 17.0. The van der Waals surface area contributed by atoms with Crippen molar-refractivity contribution in [3.8, 4) is 5.75 Å². The van der Waals surface area contributed by atoms with Crippen molar-refractivity contribution < 1.29 is 13.3 Å². The second-order valence-electron chi connectivity index (χ2n) is 9.21. The number of phenolic OH excluding ortho intramolecular Hbond substituents is 1. The van der Waals surface area contributed by atoms with E-state index in [0.717, 1.165) is 18.0 Å². The van der Waals surface area contributed by atoms with Crippen LogP contribution < -0.4 is 0 Å². The van der Waals surface area contributed by atoms with Gasteiger partial charge in [-0.2, -0.15) is 0 Å². The molecule has 0 radical (unpaired) electrons. The SMILES string of the molecule is Cc1ccc(O)c(CC(C)C[Si](C)(O[Si](C)(C)C)O[Si](C)(C)C)c1. The predicted molar refractivity (Wildman–Crippen MR) is 111 cm³/mol. The van der Waals surface area contributed by atoms with Crippen LogP contribution in [0, 0.1) is 12.8 Å². The molecule has 0 amide bonds. The van der Waals surface area contributed by atoms with Crippen molar-refractivity contribution in [1.82, 2.24) is 0 Å². The summed E-state index contributed by atoms with van der Waals surface area (Å²) < 4.78 is 13.2. The van der Waals surface area contributed by atoms with Crippen molar-refractivity contribution in [2.75, 3.05) is 0 Å². The number of benzene rings is 1. The Morgan fingerprint density at radius 3 is 1.92 bits per heavy atom. The Balaban J connectivity index is 2.90. The predicted octanol–water partition coefficient (Wildman–Crippen LogP) is 5.65. The van der Waals surface area contributed by atoms with E-state index in [4.69, 9.17) is 8.23 Å². The topological polar surface area (TPSA) is 38.7 Å². The molecular weight excluding hydrogens is 348 g/mol. The molecule has 0 aliphatic rings. The summed E-state index contributed by atoms with van der Waals surface area (Å²) in [5.41, 5.74) is 2.21. The van der Waals surface area contributed by atoms with Gasteiger partial charge >= 0.3 is 8.56 Å². The summed E-state index contributed by atoms with van der Waals surface area (Å²) in [5, 5.41) is 10.1. The van der Waals surface area contributed by atoms with Crippen molar-refractivity contribution in [3.05, 3.63) is 29.3 Å². The largest absolute Gasteiger partial charge is 0.508 e. The summed E-state index contributed by atoms with van der Waals surface area (Å²) in [6, 6.07) is 6.80. The summed E-state index contributed by atoms with van der Waals surface area (Å²) in [6.45, 7) is 20.0. The molecule has 138 valence electrons.